The van der Waals surface area contributed by atoms with Gasteiger partial charge in [-0.05, 0) is 12.1 Å². The second-order valence-corrected chi connectivity index (χ2v) is 4.80. The Hall–Kier alpha value is -2.74. The Morgan fingerprint density at radius 3 is 2.71 bits per heavy atom. The van der Waals surface area contributed by atoms with Crippen molar-refractivity contribution < 1.29 is 24.0 Å². The lowest BCUT2D eigenvalue weighted by Crippen LogP contribution is -1.97. The Morgan fingerprint density at radius 2 is 2.10 bits per heavy atom. The van der Waals surface area contributed by atoms with E-state index in [0.29, 0.717) is 6.29 Å². The molecule has 0 aliphatic heterocycles. The molecule has 0 unspecified atom stereocenters. The molecule has 0 spiro atoms. The summed E-state index contributed by atoms with van der Waals surface area (Å²) in [4.78, 5) is 32.7. The molecule has 1 aromatic carbocycles. The molecule has 0 aliphatic rings. The highest BCUT2D eigenvalue weighted by molar-refractivity contribution is 7.16. The van der Waals surface area contributed by atoms with Crippen molar-refractivity contribution in [1.29, 1.82) is 0 Å². The number of carbonyl (C=O) groups excluding carboxylic acids is 2. The van der Waals surface area contributed by atoms with Crippen LogP contribution in [0.4, 0.5) is 5.69 Å². The van der Waals surface area contributed by atoms with Crippen molar-refractivity contribution in [3.8, 4) is 10.8 Å². The fourth-order valence-corrected chi connectivity index (χ4v) is 2.44. The molecule has 7 nitrogen and oxygen atoms in total. The number of carbonyl (C=O) groups is 2. The highest BCUT2D eigenvalue weighted by Crippen LogP contribution is 2.40. The van der Waals surface area contributed by atoms with Gasteiger partial charge in [-0.3, -0.25) is 14.9 Å². The van der Waals surface area contributed by atoms with E-state index in [2.05, 4.69) is 4.74 Å². The lowest BCUT2D eigenvalue weighted by molar-refractivity contribution is -0.385. The first kappa shape index (κ1) is 14.7. The van der Waals surface area contributed by atoms with Crippen LogP contribution in [0.1, 0.15) is 20.0 Å². The maximum atomic E-state index is 11.4. The number of rotatable bonds is 5. The van der Waals surface area contributed by atoms with E-state index < -0.39 is 10.9 Å². The zero-order valence-electron chi connectivity index (χ0n) is 10.8. The average Bonchev–Trinajstić information content (AvgIpc) is 2.91. The lowest BCUT2D eigenvalue weighted by Gasteiger charge is -2.04. The molecule has 1 heterocycles. The van der Waals surface area contributed by atoms with Crippen LogP contribution in [0.2, 0.25) is 0 Å². The van der Waals surface area contributed by atoms with Crippen LogP contribution >= 0.6 is 11.3 Å². The number of nitro groups is 1. The van der Waals surface area contributed by atoms with Gasteiger partial charge in [0, 0.05) is 6.07 Å². The van der Waals surface area contributed by atoms with E-state index in [1.54, 1.807) is 12.1 Å². The monoisotopic (exact) mass is 307 g/mol. The average molecular weight is 307 g/mol. The molecule has 0 N–H and O–H groups in total. The first-order valence-corrected chi connectivity index (χ1v) is 6.47. The van der Waals surface area contributed by atoms with Gasteiger partial charge in [0.15, 0.2) is 6.29 Å². The van der Waals surface area contributed by atoms with E-state index in [4.69, 9.17) is 4.74 Å². The summed E-state index contributed by atoms with van der Waals surface area (Å²) in [5, 5.41) is 10.9. The van der Waals surface area contributed by atoms with E-state index >= 15 is 0 Å². The number of para-hydroxylation sites is 1. The molecule has 8 heteroatoms. The van der Waals surface area contributed by atoms with E-state index in [-0.39, 0.29) is 26.9 Å². The fraction of sp³-hybridized carbons (Fsp3) is 0.0769. The molecule has 0 atom stereocenters. The Balaban J connectivity index is 2.43. The van der Waals surface area contributed by atoms with E-state index in [0.717, 1.165) is 17.4 Å². The summed E-state index contributed by atoms with van der Waals surface area (Å²) in [6, 6.07) is 7.37. The Kier molecular flexibility index (Phi) is 4.29. The summed E-state index contributed by atoms with van der Waals surface area (Å²) in [7, 11) is 1.18. The van der Waals surface area contributed by atoms with Crippen LogP contribution in [0, 0.1) is 10.1 Å². The van der Waals surface area contributed by atoms with Crippen LogP contribution in [0.5, 0.6) is 10.8 Å². The molecule has 0 saturated heterocycles. The zero-order chi connectivity index (χ0) is 15.4. The van der Waals surface area contributed by atoms with Gasteiger partial charge in [-0.15, -0.1) is 0 Å². The topological polar surface area (TPSA) is 95.7 Å². The van der Waals surface area contributed by atoms with Crippen molar-refractivity contribution in [1.82, 2.24) is 0 Å². The number of hydrogen-bond acceptors (Lipinski definition) is 7. The zero-order valence-corrected chi connectivity index (χ0v) is 11.6. The number of thiophene rings is 1. The summed E-state index contributed by atoms with van der Waals surface area (Å²) in [6.07, 6.45) is 0.579. The van der Waals surface area contributed by atoms with Gasteiger partial charge in [-0.25, -0.2) is 4.79 Å². The minimum absolute atomic E-state index is 0.0442. The molecule has 0 bridgehead atoms. The van der Waals surface area contributed by atoms with Crippen molar-refractivity contribution in [3.05, 3.63) is 50.9 Å². The number of hydrogen-bond donors (Lipinski definition) is 0. The van der Waals surface area contributed by atoms with Crippen LogP contribution in [0.15, 0.2) is 30.3 Å². The summed E-state index contributed by atoms with van der Waals surface area (Å²) >= 11 is 0.780. The number of methoxy groups -OCH3 is 1. The molecule has 0 aliphatic carbocycles. The van der Waals surface area contributed by atoms with Crippen molar-refractivity contribution in [2.45, 2.75) is 0 Å². The van der Waals surface area contributed by atoms with Crippen LogP contribution < -0.4 is 4.74 Å². The fourth-order valence-electron chi connectivity index (χ4n) is 1.54. The van der Waals surface area contributed by atoms with Gasteiger partial charge < -0.3 is 9.47 Å². The first-order valence-electron chi connectivity index (χ1n) is 5.65. The third kappa shape index (κ3) is 3.06. The standard InChI is InChI=1S/C13H9NO6S/c1-19-12(16)11-6-9(14(17)18)13(21-11)20-10-5-3-2-4-8(10)7-15/h2-7H,1H3. The maximum Gasteiger partial charge on any atom is 0.348 e. The van der Waals surface area contributed by atoms with Gasteiger partial charge in [0.05, 0.1) is 17.6 Å². The number of ether oxygens (including phenoxy) is 2. The van der Waals surface area contributed by atoms with E-state index in [9.17, 15) is 19.7 Å². The number of benzene rings is 1. The minimum Gasteiger partial charge on any atom is -0.465 e. The van der Waals surface area contributed by atoms with E-state index in [1.807, 2.05) is 0 Å². The SMILES string of the molecule is COC(=O)c1cc([N+](=O)[O-])c(Oc2ccccc2C=O)s1. The van der Waals surface area contributed by atoms with E-state index in [1.165, 1.54) is 19.2 Å². The second kappa shape index (κ2) is 6.14. The minimum atomic E-state index is -0.693. The number of nitrogens with zero attached hydrogens (tertiary/aromatic N) is 1. The van der Waals surface area contributed by atoms with Crippen molar-refractivity contribution in [2.75, 3.05) is 7.11 Å². The smallest absolute Gasteiger partial charge is 0.348 e. The molecular weight excluding hydrogens is 298 g/mol. The first-order chi connectivity index (χ1) is 10.1. The summed E-state index contributed by atoms with van der Waals surface area (Å²) in [6.45, 7) is 0. The van der Waals surface area contributed by atoms with Crippen LogP contribution in [0.3, 0.4) is 0 Å². The largest absolute Gasteiger partial charge is 0.465 e. The van der Waals surface area contributed by atoms with Gasteiger partial charge in [0.2, 0.25) is 0 Å². The summed E-state index contributed by atoms with van der Waals surface area (Å²) < 4.78 is 9.92. The van der Waals surface area contributed by atoms with Crippen LogP contribution in [0.25, 0.3) is 0 Å². The third-order valence-electron chi connectivity index (χ3n) is 2.51. The maximum absolute atomic E-state index is 11.4. The normalized spacial score (nSPS) is 9.95. The van der Waals surface area contributed by atoms with Crippen LogP contribution in [-0.2, 0) is 4.74 Å². The molecule has 2 aromatic rings. The number of esters is 1. The van der Waals surface area contributed by atoms with Gasteiger partial charge in [0.1, 0.15) is 10.6 Å². The molecule has 108 valence electrons. The van der Waals surface area contributed by atoms with Gasteiger partial charge in [-0.2, -0.15) is 0 Å². The Morgan fingerprint density at radius 1 is 1.38 bits per heavy atom. The van der Waals surface area contributed by atoms with Crippen molar-refractivity contribution >= 4 is 29.3 Å². The molecule has 1 aromatic heterocycles. The summed E-state index contributed by atoms with van der Waals surface area (Å²) in [5.41, 5.74) is -0.110. The highest BCUT2D eigenvalue weighted by atomic mass is 32.1. The Bertz CT molecular complexity index is 708. The molecular formula is C13H9NO6S. The lowest BCUT2D eigenvalue weighted by atomic mass is 10.2. The molecule has 0 saturated carbocycles. The molecule has 0 fully saturated rings. The highest BCUT2D eigenvalue weighted by Gasteiger charge is 2.25. The molecule has 21 heavy (non-hydrogen) atoms. The molecule has 0 amide bonds. The van der Waals surface area contributed by atoms with Gasteiger partial charge in [-0.1, -0.05) is 23.5 Å². The quantitative estimate of drug-likeness (QED) is 0.364. The van der Waals surface area contributed by atoms with Crippen LogP contribution in [-0.4, -0.2) is 24.3 Å². The second-order valence-electron chi connectivity index (χ2n) is 3.79. The Labute approximate surface area is 122 Å². The predicted octanol–water partition coefficient (Wildman–Crippen LogP) is 3.05. The van der Waals surface area contributed by atoms with Gasteiger partial charge >= 0.3 is 11.7 Å². The third-order valence-corrected chi connectivity index (χ3v) is 3.49. The number of aldehydes is 1. The summed E-state index contributed by atoms with van der Waals surface area (Å²) in [5.74, 6) is -0.518. The molecule has 2 rings (SSSR count). The van der Waals surface area contributed by atoms with Crippen molar-refractivity contribution in [3.63, 3.8) is 0 Å². The van der Waals surface area contributed by atoms with Crippen molar-refractivity contribution in [2.24, 2.45) is 0 Å². The predicted molar refractivity (Wildman–Crippen MR) is 74.2 cm³/mol. The molecule has 0 radical (unpaired) electrons. The van der Waals surface area contributed by atoms with Gasteiger partial charge in [0.25, 0.3) is 5.06 Å².